The minimum atomic E-state index is -3.65. The van der Waals surface area contributed by atoms with Gasteiger partial charge in [-0.3, -0.25) is 0 Å². The van der Waals surface area contributed by atoms with Crippen LogP contribution in [-0.2, 0) is 10.0 Å². The molecule has 0 atom stereocenters. The lowest BCUT2D eigenvalue weighted by Gasteiger charge is -2.19. The lowest BCUT2D eigenvalue weighted by Crippen LogP contribution is -2.30. The molecule has 0 fully saturated rings. The number of nitrogens with two attached hydrogens (primary N) is 1. The molecule has 0 aromatic heterocycles. The SMILES string of the molecule is CCN(CC)S(=O)(=O)c1cc(N)ccc1O. The van der Waals surface area contributed by atoms with Gasteiger partial charge in [0, 0.05) is 18.8 Å². The first kappa shape index (κ1) is 12.8. The minimum Gasteiger partial charge on any atom is -0.507 e. The fourth-order valence-corrected chi connectivity index (χ4v) is 3.02. The molecule has 1 aromatic carbocycles. The molecule has 5 nitrogen and oxygen atoms in total. The molecule has 90 valence electrons. The van der Waals surface area contributed by atoms with E-state index in [2.05, 4.69) is 0 Å². The zero-order valence-corrected chi connectivity index (χ0v) is 10.2. The zero-order valence-electron chi connectivity index (χ0n) is 9.34. The van der Waals surface area contributed by atoms with Gasteiger partial charge in [0.1, 0.15) is 10.6 Å². The lowest BCUT2D eigenvalue weighted by molar-refractivity contribution is 0.429. The number of nitrogen functional groups attached to an aromatic ring is 1. The van der Waals surface area contributed by atoms with Gasteiger partial charge in [0.05, 0.1) is 0 Å². The van der Waals surface area contributed by atoms with Gasteiger partial charge >= 0.3 is 0 Å². The summed E-state index contributed by atoms with van der Waals surface area (Å²) in [7, 11) is -3.65. The van der Waals surface area contributed by atoms with Crippen molar-refractivity contribution < 1.29 is 13.5 Å². The van der Waals surface area contributed by atoms with Crippen LogP contribution in [0, 0.1) is 0 Å². The smallest absolute Gasteiger partial charge is 0.246 e. The topological polar surface area (TPSA) is 83.6 Å². The van der Waals surface area contributed by atoms with E-state index >= 15 is 0 Å². The van der Waals surface area contributed by atoms with E-state index in [-0.39, 0.29) is 10.6 Å². The van der Waals surface area contributed by atoms with E-state index in [1.165, 1.54) is 22.5 Å². The predicted octanol–water partition coefficient (Wildman–Crippen LogP) is 1.00. The number of phenols is 1. The first-order valence-corrected chi connectivity index (χ1v) is 6.46. The largest absolute Gasteiger partial charge is 0.507 e. The first-order valence-electron chi connectivity index (χ1n) is 5.02. The van der Waals surface area contributed by atoms with Gasteiger partial charge in [0.2, 0.25) is 10.0 Å². The zero-order chi connectivity index (χ0) is 12.3. The Balaban J connectivity index is 3.31. The third-order valence-electron chi connectivity index (χ3n) is 2.31. The summed E-state index contributed by atoms with van der Waals surface area (Å²) >= 11 is 0. The molecular weight excluding hydrogens is 228 g/mol. The fraction of sp³-hybridized carbons (Fsp3) is 0.400. The van der Waals surface area contributed by atoms with Gasteiger partial charge in [0.15, 0.2) is 0 Å². The van der Waals surface area contributed by atoms with E-state index < -0.39 is 10.0 Å². The summed E-state index contributed by atoms with van der Waals surface area (Å²) in [6.07, 6.45) is 0. The monoisotopic (exact) mass is 244 g/mol. The summed E-state index contributed by atoms with van der Waals surface area (Å²) in [5.41, 5.74) is 5.82. The van der Waals surface area contributed by atoms with E-state index in [4.69, 9.17) is 5.73 Å². The highest BCUT2D eigenvalue weighted by atomic mass is 32.2. The van der Waals surface area contributed by atoms with Gasteiger partial charge in [-0.15, -0.1) is 0 Å². The van der Waals surface area contributed by atoms with Crippen LogP contribution in [0.15, 0.2) is 23.1 Å². The van der Waals surface area contributed by atoms with Crippen LogP contribution in [-0.4, -0.2) is 30.9 Å². The van der Waals surface area contributed by atoms with Crippen molar-refractivity contribution in [2.24, 2.45) is 0 Å². The number of rotatable bonds is 4. The highest BCUT2D eigenvalue weighted by Gasteiger charge is 2.24. The van der Waals surface area contributed by atoms with E-state index in [9.17, 15) is 13.5 Å². The minimum absolute atomic E-state index is 0.142. The molecule has 0 amide bonds. The highest BCUT2D eigenvalue weighted by Crippen LogP contribution is 2.27. The van der Waals surface area contributed by atoms with Crippen LogP contribution in [0.5, 0.6) is 5.75 Å². The van der Waals surface area contributed by atoms with Crippen molar-refractivity contribution in [2.45, 2.75) is 18.7 Å². The Hall–Kier alpha value is -1.27. The Kier molecular flexibility index (Phi) is 3.77. The van der Waals surface area contributed by atoms with E-state index in [0.29, 0.717) is 18.8 Å². The summed E-state index contributed by atoms with van der Waals surface area (Å²) in [6.45, 7) is 4.19. The number of benzene rings is 1. The average molecular weight is 244 g/mol. The van der Waals surface area contributed by atoms with E-state index in [1.54, 1.807) is 13.8 Å². The molecule has 1 rings (SSSR count). The lowest BCUT2D eigenvalue weighted by atomic mass is 10.3. The number of aromatic hydroxyl groups is 1. The quantitative estimate of drug-likeness (QED) is 0.611. The molecule has 3 N–H and O–H groups in total. The molecule has 0 aliphatic carbocycles. The Morgan fingerprint density at radius 3 is 2.38 bits per heavy atom. The van der Waals surface area contributed by atoms with Gasteiger partial charge in [-0.2, -0.15) is 4.31 Å². The molecule has 0 heterocycles. The second kappa shape index (κ2) is 4.71. The number of hydrogen-bond acceptors (Lipinski definition) is 4. The summed E-state index contributed by atoms with van der Waals surface area (Å²) in [5, 5.41) is 9.55. The second-order valence-corrected chi connectivity index (χ2v) is 5.22. The number of hydrogen-bond donors (Lipinski definition) is 2. The molecule has 1 aromatic rings. The van der Waals surface area contributed by atoms with Gasteiger partial charge in [-0.1, -0.05) is 13.8 Å². The molecular formula is C10H16N2O3S. The molecule has 0 radical (unpaired) electrons. The first-order chi connectivity index (χ1) is 7.43. The molecule has 6 heteroatoms. The highest BCUT2D eigenvalue weighted by molar-refractivity contribution is 7.89. The Morgan fingerprint density at radius 2 is 1.88 bits per heavy atom. The van der Waals surface area contributed by atoms with Crippen molar-refractivity contribution in [3.05, 3.63) is 18.2 Å². The molecule has 0 saturated heterocycles. The van der Waals surface area contributed by atoms with Gasteiger partial charge in [-0.25, -0.2) is 8.42 Å². The maximum Gasteiger partial charge on any atom is 0.246 e. The number of anilines is 1. The third-order valence-corrected chi connectivity index (χ3v) is 4.39. The van der Waals surface area contributed by atoms with Crippen molar-refractivity contribution in [3.63, 3.8) is 0 Å². The molecule has 0 bridgehead atoms. The van der Waals surface area contributed by atoms with Crippen molar-refractivity contribution in [1.82, 2.24) is 4.31 Å². The van der Waals surface area contributed by atoms with Crippen LogP contribution in [0.25, 0.3) is 0 Å². The normalized spacial score (nSPS) is 11.9. The summed E-state index contributed by atoms with van der Waals surface area (Å²) in [6, 6.07) is 4.01. The molecule has 0 aliphatic heterocycles. The van der Waals surface area contributed by atoms with Crippen molar-refractivity contribution in [3.8, 4) is 5.75 Å². The maximum atomic E-state index is 12.1. The van der Waals surface area contributed by atoms with E-state index in [0.717, 1.165) is 0 Å². The molecule has 0 spiro atoms. The predicted molar refractivity (Wildman–Crippen MR) is 62.6 cm³/mol. The second-order valence-electron chi connectivity index (χ2n) is 3.32. The Morgan fingerprint density at radius 1 is 1.31 bits per heavy atom. The fourth-order valence-electron chi connectivity index (χ4n) is 1.44. The maximum absolute atomic E-state index is 12.1. The van der Waals surface area contributed by atoms with Gasteiger partial charge in [-0.05, 0) is 18.2 Å². The van der Waals surface area contributed by atoms with Crippen LogP contribution < -0.4 is 5.73 Å². The van der Waals surface area contributed by atoms with Crippen molar-refractivity contribution >= 4 is 15.7 Å². The van der Waals surface area contributed by atoms with Gasteiger partial charge < -0.3 is 10.8 Å². The van der Waals surface area contributed by atoms with Crippen LogP contribution in [0.3, 0.4) is 0 Å². The summed E-state index contributed by atoms with van der Waals surface area (Å²) in [5.74, 6) is -0.277. The Labute approximate surface area is 95.5 Å². The van der Waals surface area contributed by atoms with Crippen molar-refractivity contribution in [2.75, 3.05) is 18.8 Å². The van der Waals surface area contributed by atoms with Gasteiger partial charge in [0.25, 0.3) is 0 Å². The molecule has 16 heavy (non-hydrogen) atoms. The van der Waals surface area contributed by atoms with Crippen molar-refractivity contribution in [1.29, 1.82) is 0 Å². The number of nitrogens with zero attached hydrogens (tertiary/aromatic N) is 1. The molecule has 0 aliphatic rings. The number of phenolic OH excluding ortho intramolecular Hbond substituents is 1. The third kappa shape index (κ3) is 2.28. The van der Waals surface area contributed by atoms with Crippen LogP contribution >= 0.6 is 0 Å². The Bertz CT molecular complexity index is 467. The standard InChI is InChI=1S/C10H16N2O3S/c1-3-12(4-2)16(14,15)10-7-8(11)5-6-9(10)13/h5-7,13H,3-4,11H2,1-2H3. The molecule has 0 saturated carbocycles. The van der Waals surface area contributed by atoms with Crippen LogP contribution in [0.4, 0.5) is 5.69 Å². The summed E-state index contributed by atoms with van der Waals surface area (Å²) < 4.78 is 25.4. The molecule has 0 unspecified atom stereocenters. The summed E-state index contributed by atoms with van der Waals surface area (Å²) in [4.78, 5) is -0.142. The van der Waals surface area contributed by atoms with Crippen LogP contribution in [0.1, 0.15) is 13.8 Å². The van der Waals surface area contributed by atoms with Crippen LogP contribution in [0.2, 0.25) is 0 Å². The number of sulfonamides is 1. The average Bonchev–Trinajstić information content (AvgIpc) is 2.23. The van der Waals surface area contributed by atoms with E-state index in [1.807, 2.05) is 0 Å².